The van der Waals surface area contributed by atoms with Crippen molar-refractivity contribution in [1.82, 2.24) is 0 Å². The third-order valence-electron chi connectivity index (χ3n) is 1.50. The van der Waals surface area contributed by atoms with Crippen molar-refractivity contribution in [3.63, 3.8) is 0 Å². The van der Waals surface area contributed by atoms with Gasteiger partial charge in [0.15, 0.2) is 6.79 Å². The van der Waals surface area contributed by atoms with E-state index in [1.165, 1.54) is 0 Å². The molecule has 0 unspecified atom stereocenters. The predicted octanol–water partition coefficient (Wildman–Crippen LogP) is 3.06. The Morgan fingerprint density at radius 1 is 1.38 bits per heavy atom. The van der Waals surface area contributed by atoms with Crippen molar-refractivity contribution < 1.29 is 9.47 Å². The lowest BCUT2D eigenvalue weighted by atomic mass is 10.2. The lowest BCUT2D eigenvalue weighted by Crippen LogP contribution is -2.00. The van der Waals surface area contributed by atoms with E-state index in [2.05, 4.69) is 0 Å². The van der Waals surface area contributed by atoms with E-state index >= 15 is 0 Å². The minimum Gasteiger partial charge on any atom is -0.467 e. The molecule has 0 aliphatic heterocycles. The Kier molecular flexibility index (Phi) is 4.36. The fraction of sp³-hybridized carbons (Fsp3) is 0.333. The third kappa shape index (κ3) is 3.07. The van der Waals surface area contributed by atoms with Gasteiger partial charge in [0, 0.05) is 17.7 Å². The lowest BCUT2D eigenvalue weighted by molar-refractivity contribution is 0.0506. The highest BCUT2D eigenvalue weighted by atomic mass is 35.5. The van der Waals surface area contributed by atoms with E-state index < -0.39 is 0 Å². The maximum absolute atomic E-state index is 5.78. The lowest BCUT2D eigenvalue weighted by Gasteiger charge is -2.08. The van der Waals surface area contributed by atoms with Gasteiger partial charge in [0.25, 0.3) is 0 Å². The van der Waals surface area contributed by atoms with Gasteiger partial charge < -0.3 is 9.47 Å². The predicted molar refractivity (Wildman–Crippen MR) is 53.5 cm³/mol. The SMILES string of the molecule is COCOc1ccc(Cl)cc1CCl. The Morgan fingerprint density at radius 3 is 2.77 bits per heavy atom. The largest absolute Gasteiger partial charge is 0.467 e. The second-order valence-corrected chi connectivity index (χ2v) is 3.14. The second kappa shape index (κ2) is 5.32. The van der Waals surface area contributed by atoms with Gasteiger partial charge in [-0.3, -0.25) is 0 Å². The van der Waals surface area contributed by atoms with Crippen molar-refractivity contribution in [3.8, 4) is 5.75 Å². The molecule has 0 bridgehead atoms. The monoisotopic (exact) mass is 220 g/mol. The van der Waals surface area contributed by atoms with E-state index in [1.807, 2.05) is 0 Å². The Balaban J connectivity index is 2.79. The first-order chi connectivity index (χ1) is 6.27. The van der Waals surface area contributed by atoms with Crippen LogP contribution in [0.15, 0.2) is 18.2 Å². The number of alkyl halides is 1. The van der Waals surface area contributed by atoms with Gasteiger partial charge in [-0.05, 0) is 18.2 Å². The number of ether oxygens (including phenoxy) is 2. The molecule has 0 N–H and O–H groups in total. The van der Waals surface area contributed by atoms with Crippen molar-refractivity contribution in [2.45, 2.75) is 5.88 Å². The summed E-state index contributed by atoms with van der Waals surface area (Å²) >= 11 is 11.5. The smallest absolute Gasteiger partial charge is 0.188 e. The molecule has 1 aromatic carbocycles. The molecule has 0 aliphatic carbocycles. The van der Waals surface area contributed by atoms with E-state index in [9.17, 15) is 0 Å². The topological polar surface area (TPSA) is 18.5 Å². The standard InChI is InChI=1S/C9H10Cl2O2/c1-12-6-13-9-3-2-8(11)4-7(9)5-10/h2-4H,5-6H2,1H3. The number of hydrogen-bond acceptors (Lipinski definition) is 2. The molecular formula is C9H10Cl2O2. The summed E-state index contributed by atoms with van der Waals surface area (Å²) in [5, 5.41) is 0.653. The van der Waals surface area contributed by atoms with E-state index in [1.54, 1.807) is 25.3 Å². The Labute approximate surface area is 87.4 Å². The first kappa shape index (κ1) is 10.6. The normalized spacial score (nSPS) is 10.1. The average Bonchev–Trinajstić information content (AvgIpc) is 2.16. The Hall–Kier alpha value is -0.440. The third-order valence-corrected chi connectivity index (χ3v) is 2.02. The zero-order valence-electron chi connectivity index (χ0n) is 7.22. The number of hydrogen-bond donors (Lipinski definition) is 0. The highest BCUT2D eigenvalue weighted by molar-refractivity contribution is 6.30. The Bertz CT molecular complexity index is 276. The van der Waals surface area contributed by atoms with Gasteiger partial charge in [-0.2, -0.15) is 0 Å². The van der Waals surface area contributed by atoms with Crippen molar-refractivity contribution in [3.05, 3.63) is 28.8 Å². The van der Waals surface area contributed by atoms with E-state index in [0.717, 1.165) is 5.56 Å². The van der Waals surface area contributed by atoms with Gasteiger partial charge in [-0.15, -0.1) is 11.6 Å². The molecule has 0 saturated carbocycles. The zero-order valence-corrected chi connectivity index (χ0v) is 8.73. The molecule has 1 rings (SSSR count). The molecule has 0 radical (unpaired) electrons. The summed E-state index contributed by atoms with van der Waals surface area (Å²) in [6.45, 7) is 0.214. The number of rotatable bonds is 4. The first-order valence-corrected chi connectivity index (χ1v) is 4.65. The highest BCUT2D eigenvalue weighted by Crippen LogP contribution is 2.24. The highest BCUT2D eigenvalue weighted by Gasteiger charge is 2.02. The molecular weight excluding hydrogens is 211 g/mol. The molecule has 2 nitrogen and oxygen atoms in total. The van der Waals surface area contributed by atoms with Crippen LogP contribution in [0.2, 0.25) is 5.02 Å². The molecule has 4 heteroatoms. The minimum atomic E-state index is 0.214. The zero-order chi connectivity index (χ0) is 9.68. The Morgan fingerprint density at radius 2 is 2.15 bits per heavy atom. The van der Waals surface area contributed by atoms with E-state index in [0.29, 0.717) is 16.7 Å². The molecule has 0 saturated heterocycles. The second-order valence-electron chi connectivity index (χ2n) is 2.44. The molecule has 0 aromatic heterocycles. The van der Waals surface area contributed by atoms with Gasteiger partial charge in [-0.25, -0.2) is 0 Å². The van der Waals surface area contributed by atoms with Crippen molar-refractivity contribution in [2.24, 2.45) is 0 Å². The van der Waals surface area contributed by atoms with Crippen LogP contribution in [-0.2, 0) is 10.6 Å². The quantitative estimate of drug-likeness (QED) is 0.574. The fourth-order valence-electron chi connectivity index (χ4n) is 0.916. The maximum atomic E-state index is 5.78. The summed E-state index contributed by atoms with van der Waals surface area (Å²) in [5.74, 6) is 1.08. The van der Waals surface area contributed by atoms with Crippen LogP contribution < -0.4 is 4.74 Å². The van der Waals surface area contributed by atoms with Gasteiger partial charge in [0.2, 0.25) is 0 Å². The van der Waals surface area contributed by atoms with E-state index in [-0.39, 0.29) is 6.79 Å². The van der Waals surface area contributed by atoms with Crippen LogP contribution in [0.4, 0.5) is 0 Å². The maximum Gasteiger partial charge on any atom is 0.188 e. The summed E-state index contributed by atoms with van der Waals surface area (Å²) in [6.07, 6.45) is 0. The van der Waals surface area contributed by atoms with Gasteiger partial charge >= 0.3 is 0 Å². The summed E-state index contributed by atoms with van der Waals surface area (Å²) in [6, 6.07) is 5.31. The molecule has 1 aromatic rings. The van der Waals surface area contributed by atoms with Crippen molar-refractivity contribution in [1.29, 1.82) is 0 Å². The average molecular weight is 221 g/mol. The van der Waals surface area contributed by atoms with Crippen LogP contribution in [0, 0.1) is 0 Å². The summed E-state index contributed by atoms with van der Waals surface area (Å²) in [7, 11) is 1.57. The van der Waals surface area contributed by atoms with Gasteiger partial charge in [0.05, 0.1) is 5.88 Å². The van der Waals surface area contributed by atoms with E-state index in [4.69, 9.17) is 32.7 Å². The van der Waals surface area contributed by atoms with Gasteiger partial charge in [0.1, 0.15) is 5.75 Å². The molecule has 0 atom stereocenters. The molecule has 0 spiro atoms. The summed E-state index contributed by atoms with van der Waals surface area (Å²) in [4.78, 5) is 0. The molecule has 0 heterocycles. The van der Waals surface area contributed by atoms with Crippen LogP contribution in [-0.4, -0.2) is 13.9 Å². The molecule has 0 fully saturated rings. The van der Waals surface area contributed by atoms with Crippen molar-refractivity contribution >= 4 is 23.2 Å². The fourth-order valence-corrected chi connectivity index (χ4v) is 1.32. The van der Waals surface area contributed by atoms with Crippen LogP contribution in [0.1, 0.15) is 5.56 Å². The summed E-state index contributed by atoms with van der Waals surface area (Å²) in [5.41, 5.74) is 0.867. The number of halogens is 2. The van der Waals surface area contributed by atoms with Crippen molar-refractivity contribution in [2.75, 3.05) is 13.9 Å². The summed E-state index contributed by atoms with van der Waals surface area (Å²) < 4.78 is 10.0. The molecule has 0 amide bonds. The molecule has 72 valence electrons. The van der Waals surface area contributed by atoms with Crippen LogP contribution in [0.25, 0.3) is 0 Å². The van der Waals surface area contributed by atoms with Crippen LogP contribution in [0.5, 0.6) is 5.75 Å². The first-order valence-electron chi connectivity index (χ1n) is 3.74. The van der Waals surface area contributed by atoms with Gasteiger partial charge in [-0.1, -0.05) is 11.6 Å². The number of methoxy groups -OCH3 is 1. The molecule has 0 aliphatic rings. The molecule has 13 heavy (non-hydrogen) atoms. The minimum absolute atomic E-state index is 0.214. The van der Waals surface area contributed by atoms with Crippen LogP contribution >= 0.6 is 23.2 Å². The number of benzene rings is 1. The van der Waals surface area contributed by atoms with Crippen LogP contribution in [0.3, 0.4) is 0 Å².